The van der Waals surface area contributed by atoms with Crippen molar-refractivity contribution in [2.75, 3.05) is 6.54 Å². The molecule has 0 heterocycles. The van der Waals surface area contributed by atoms with Crippen LogP contribution >= 0.6 is 11.6 Å². The van der Waals surface area contributed by atoms with Crippen LogP contribution in [0.4, 0.5) is 0 Å². The fourth-order valence-corrected chi connectivity index (χ4v) is 2.23. The summed E-state index contributed by atoms with van der Waals surface area (Å²) in [6.07, 6.45) is 1.49. The molecule has 0 bridgehead atoms. The number of hydrogen-bond acceptors (Lipinski definition) is 2. The molecule has 0 saturated heterocycles. The number of nitrogens with two attached hydrogens (primary N) is 1. The van der Waals surface area contributed by atoms with Gasteiger partial charge < -0.3 is 10.8 Å². The molecule has 3 N–H and O–H groups in total. The van der Waals surface area contributed by atoms with Gasteiger partial charge in [0.25, 0.3) is 0 Å². The molecule has 0 aliphatic heterocycles. The van der Waals surface area contributed by atoms with Crippen LogP contribution in [-0.4, -0.2) is 11.7 Å². The molecular formula is C13H20ClNO. The number of halogens is 1. The van der Waals surface area contributed by atoms with Crippen LogP contribution in [0.15, 0.2) is 18.2 Å². The van der Waals surface area contributed by atoms with Gasteiger partial charge in [-0.25, -0.2) is 0 Å². The molecule has 0 aromatic heterocycles. The summed E-state index contributed by atoms with van der Waals surface area (Å²) < 4.78 is 0. The molecule has 1 aromatic rings. The maximum absolute atomic E-state index is 10.3. The van der Waals surface area contributed by atoms with Crippen molar-refractivity contribution in [1.29, 1.82) is 0 Å². The Bertz CT molecular complexity index is 341. The minimum atomic E-state index is -0.484. The third kappa shape index (κ3) is 3.21. The molecule has 1 rings (SSSR count). The van der Waals surface area contributed by atoms with E-state index < -0.39 is 6.10 Å². The van der Waals surface area contributed by atoms with Gasteiger partial charge in [0.05, 0.1) is 6.10 Å². The molecule has 1 aromatic carbocycles. The molecule has 0 aliphatic rings. The molecule has 16 heavy (non-hydrogen) atoms. The number of aliphatic hydroxyl groups is 1. The topological polar surface area (TPSA) is 46.2 Å². The minimum Gasteiger partial charge on any atom is -0.388 e. The van der Waals surface area contributed by atoms with Gasteiger partial charge in [0.1, 0.15) is 0 Å². The Hall–Kier alpha value is -0.570. The van der Waals surface area contributed by atoms with E-state index in [1.807, 2.05) is 25.1 Å². The molecule has 3 heteroatoms. The van der Waals surface area contributed by atoms with Gasteiger partial charge in [0.15, 0.2) is 0 Å². The number of aryl methyl sites for hydroxylation is 1. The average Bonchev–Trinajstić information content (AvgIpc) is 2.25. The lowest BCUT2D eigenvalue weighted by molar-refractivity contribution is 0.106. The summed E-state index contributed by atoms with van der Waals surface area (Å²) in [6.45, 7) is 4.57. The first kappa shape index (κ1) is 13.5. The summed E-state index contributed by atoms with van der Waals surface area (Å²) in [4.78, 5) is 0. The minimum absolute atomic E-state index is 0.130. The molecule has 0 fully saturated rings. The van der Waals surface area contributed by atoms with Crippen molar-refractivity contribution in [1.82, 2.24) is 0 Å². The maximum atomic E-state index is 10.3. The highest BCUT2D eigenvalue weighted by Gasteiger charge is 2.20. The van der Waals surface area contributed by atoms with E-state index in [0.717, 1.165) is 24.0 Å². The largest absolute Gasteiger partial charge is 0.388 e. The van der Waals surface area contributed by atoms with Crippen LogP contribution in [0.1, 0.15) is 37.0 Å². The van der Waals surface area contributed by atoms with Crippen molar-refractivity contribution in [2.24, 2.45) is 11.7 Å². The quantitative estimate of drug-likeness (QED) is 0.832. The van der Waals surface area contributed by atoms with Crippen molar-refractivity contribution in [3.63, 3.8) is 0 Å². The van der Waals surface area contributed by atoms with Gasteiger partial charge in [0.2, 0.25) is 0 Å². The summed E-state index contributed by atoms with van der Waals surface area (Å²) in [5, 5.41) is 11.0. The third-order valence-electron chi connectivity index (χ3n) is 2.96. The number of aliphatic hydroxyl groups excluding tert-OH is 1. The molecule has 2 unspecified atom stereocenters. The molecule has 2 atom stereocenters. The van der Waals surface area contributed by atoms with Crippen LogP contribution in [0.3, 0.4) is 0 Å². The molecule has 0 aliphatic carbocycles. The Morgan fingerprint density at radius 2 is 2.12 bits per heavy atom. The predicted octanol–water partition coefficient (Wildman–Crippen LogP) is 3.06. The van der Waals surface area contributed by atoms with Gasteiger partial charge in [-0.05, 0) is 43.1 Å². The standard InChI is InChI=1S/C13H20ClNO/c1-3-4-10(8-15)13(16)12-6-5-11(14)7-9(12)2/h5-7,10,13,16H,3-4,8,15H2,1-2H3. The van der Waals surface area contributed by atoms with Gasteiger partial charge in [0, 0.05) is 10.9 Å². The predicted molar refractivity (Wildman–Crippen MR) is 68.6 cm³/mol. The van der Waals surface area contributed by atoms with Gasteiger partial charge >= 0.3 is 0 Å². The van der Waals surface area contributed by atoms with E-state index >= 15 is 0 Å². The number of benzene rings is 1. The number of hydrogen-bond donors (Lipinski definition) is 2. The zero-order valence-corrected chi connectivity index (χ0v) is 10.7. The lowest BCUT2D eigenvalue weighted by atomic mass is 9.90. The third-order valence-corrected chi connectivity index (χ3v) is 3.19. The highest BCUT2D eigenvalue weighted by molar-refractivity contribution is 6.30. The first-order valence-corrected chi connectivity index (χ1v) is 6.12. The van der Waals surface area contributed by atoms with Crippen molar-refractivity contribution in [3.8, 4) is 0 Å². The SMILES string of the molecule is CCCC(CN)C(O)c1ccc(Cl)cc1C. The van der Waals surface area contributed by atoms with Crippen molar-refractivity contribution in [2.45, 2.75) is 32.8 Å². The molecule has 90 valence electrons. The van der Waals surface area contributed by atoms with Crippen LogP contribution in [0.25, 0.3) is 0 Å². The first-order chi connectivity index (χ1) is 7.60. The van der Waals surface area contributed by atoms with Gasteiger partial charge in [-0.3, -0.25) is 0 Å². The Balaban J connectivity index is 2.89. The van der Waals surface area contributed by atoms with Crippen LogP contribution in [0.2, 0.25) is 5.02 Å². The molecular weight excluding hydrogens is 222 g/mol. The van der Waals surface area contributed by atoms with E-state index in [9.17, 15) is 5.11 Å². The lowest BCUT2D eigenvalue weighted by Crippen LogP contribution is -2.22. The van der Waals surface area contributed by atoms with E-state index in [1.54, 1.807) is 0 Å². The lowest BCUT2D eigenvalue weighted by Gasteiger charge is -2.22. The Labute approximate surface area is 102 Å². The normalized spacial score (nSPS) is 14.8. The second kappa shape index (κ2) is 6.24. The molecule has 0 spiro atoms. The summed E-state index contributed by atoms with van der Waals surface area (Å²) in [7, 11) is 0. The summed E-state index contributed by atoms with van der Waals surface area (Å²) >= 11 is 5.89. The maximum Gasteiger partial charge on any atom is 0.0832 e. The summed E-state index contributed by atoms with van der Waals surface area (Å²) in [6, 6.07) is 5.58. The second-order valence-electron chi connectivity index (χ2n) is 4.23. The van der Waals surface area contributed by atoms with E-state index in [4.69, 9.17) is 17.3 Å². The Morgan fingerprint density at radius 3 is 2.62 bits per heavy atom. The van der Waals surface area contributed by atoms with E-state index in [2.05, 4.69) is 6.92 Å². The molecule has 0 amide bonds. The average molecular weight is 242 g/mol. The van der Waals surface area contributed by atoms with Gasteiger partial charge in [-0.15, -0.1) is 0 Å². The molecule has 0 radical (unpaired) electrons. The van der Waals surface area contributed by atoms with Crippen LogP contribution < -0.4 is 5.73 Å². The van der Waals surface area contributed by atoms with Crippen molar-refractivity contribution in [3.05, 3.63) is 34.3 Å². The Morgan fingerprint density at radius 1 is 1.44 bits per heavy atom. The second-order valence-corrected chi connectivity index (χ2v) is 4.67. The van der Waals surface area contributed by atoms with Crippen LogP contribution in [0.5, 0.6) is 0 Å². The zero-order valence-electron chi connectivity index (χ0n) is 9.91. The van der Waals surface area contributed by atoms with Crippen LogP contribution in [-0.2, 0) is 0 Å². The molecule has 0 saturated carbocycles. The highest BCUT2D eigenvalue weighted by atomic mass is 35.5. The fraction of sp³-hybridized carbons (Fsp3) is 0.538. The van der Waals surface area contributed by atoms with E-state index in [0.29, 0.717) is 11.6 Å². The monoisotopic (exact) mass is 241 g/mol. The van der Waals surface area contributed by atoms with E-state index in [-0.39, 0.29) is 5.92 Å². The highest BCUT2D eigenvalue weighted by Crippen LogP contribution is 2.28. The molecule has 2 nitrogen and oxygen atoms in total. The fourth-order valence-electron chi connectivity index (χ4n) is 2.00. The first-order valence-electron chi connectivity index (χ1n) is 5.74. The zero-order chi connectivity index (χ0) is 12.1. The smallest absolute Gasteiger partial charge is 0.0832 e. The van der Waals surface area contributed by atoms with Gasteiger partial charge in [-0.2, -0.15) is 0 Å². The van der Waals surface area contributed by atoms with Crippen LogP contribution in [0, 0.1) is 12.8 Å². The van der Waals surface area contributed by atoms with E-state index in [1.165, 1.54) is 0 Å². The summed E-state index contributed by atoms with van der Waals surface area (Å²) in [5.41, 5.74) is 7.65. The number of rotatable bonds is 5. The van der Waals surface area contributed by atoms with Gasteiger partial charge in [-0.1, -0.05) is 31.0 Å². The Kier molecular flexibility index (Phi) is 5.26. The summed E-state index contributed by atoms with van der Waals surface area (Å²) in [5.74, 6) is 0.130. The van der Waals surface area contributed by atoms with Crippen molar-refractivity contribution < 1.29 is 5.11 Å². The van der Waals surface area contributed by atoms with Crippen molar-refractivity contribution >= 4 is 11.6 Å².